The Kier molecular flexibility index (Phi) is 5.98. The van der Waals surface area contributed by atoms with Crippen LogP contribution in [0.3, 0.4) is 0 Å². The summed E-state index contributed by atoms with van der Waals surface area (Å²) in [5.41, 5.74) is 2.10. The van der Waals surface area contributed by atoms with E-state index in [4.69, 9.17) is 0 Å². The van der Waals surface area contributed by atoms with E-state index in [0.29, 0.717) is 17.7 Å². The zero-order chi connectivity index (χ0) is 20.1. The first-order valence-electron chi connectivity index (χ1n) is 8.69. The number of carbonyl (C=O) groups is 2. The molecule has 6 nitrogen and oxygen atoms in total. The summed E-state index contributed by atoms with van der Waals surface area (Å²) in [5, 5.41) is 7.81. The van der Waals surface area contributed by atoms with Crippen molar-refractivity contribution in [3.8, 4) is 5.75 Å². The van der Waals surface area contributed by atoms with Crippen molar-refractivity contribution in [1.82, 2.24) is 5.01 Å². The number of halogens is 2. The number of anilines is 1. The second-order valence-corrected chi connectivity index (χ2v) is 6.28. The molecule has 0 saturated heterocycles. The third kappa shape index (κ3) is 4.91. The van der Waals surface area contributed by atoms with Gasteiger partial charge in [-0.2, -0.15) is 13.9 Å². The van der Waals surface area contributed by atoms with Crippen LogP contribution in [-0.4, -0.2) is 36.2 Å². The van der Waals surface area contributed by atoms with Crippen molar-refractivity contribution in [1.29, 1.82) is 0 Å². The van der Waals surface area contributed by atoms with Gasteiger partial charge < -0.3 is 10.1 Å². The first-order chi connectivity index (χ1) is 13.4. The minimum absolute atomic E-state index is 0.0530. The zero-order valence-electron chi connectivity index (χ0n) is 15.2. The first-order valence-corrected chi connectivity index (χ1v) is 8.69. The number of ether oxygens (including phenoxy) is 1. The largest absolute Gasteiger partial charge is 0.435 e. The second-order valence-electron chi connectivity index (χ2n) is 6.28. The maximum atomic E-state index is 12.7. The van der Waals surface area contributed by atoms with Gasteiger partial charge in [0.2, 0.25) is 5.91 Å². The number of rotatable bonds is 6. The van der Waals surface area contributed by atoms with Gasteiger partial charge in [0, 0.05) is 37.6 Å². The van der Waals surface area contributed by atoms with E-state index in [1.54, 1.807) is 6.07 Å². The average Bonchev–Trinajstić information content (AvgIpc) is 2.66. The van der Waals surface area contributed by atoms with E-state index in [9.17, 15) is 18.4 Å². The molecule has 0 radical (unpaired) electrons. The van der Waals surface area contributed by atoms with Crippen LogP contribution in [0.1, 0.15) is 24.0 Å². The Bertz CT molecular complexity index is 901. The molecule has 28 heavy (non-hydrogen) atoms. The van der Waals surface area contributed by atoms with Gasteiger partial charge in [0.15, 0.2) is 0 Å². The quantitative estimate of drug-likeness (QED) is 0.826. The molecule has 1 aliphatic heterocycles. The van der Waals surface area contributed by atoms with Gasteiger partial charge in [-0.15, -0.1) is 0 Å². The lowest BCUT2D eigenvalue weighted by atomic mass is 10.0. The van der Waals surface area contributed by atoms with E-state index in [1.165, 1.54) is 19.2 Å². The molecule has 0 spiro atoms. The topological polar surface area (TPSA) is 71.0 Å². The molecular weight excluding hydrogens is 368 g/mol. The van der Waals surface area contributed by atoms with Crippen molar-refractivity contribution < 1.29 is 23.1 Å². The fourth-order valence-electron chi connectivity index (χ4n) is 2.86. The Morgan fingerprint density at radius 3 is 2.64 bits per heavy atom. The summed E-state index contributed by atoms with van der Waals surface area (Å²) in [6.07, 6.45) is 0.826. The molecule has 1 heterocycles. The molecule has 0 fully saturated rings. The minimum Gasteiger partial charge on any atom is -0.435 e. The van der Waals surface area contributed by atoms with Crippen LogP contribution >= 0.6 is 0 Å². The van der Waals surface area contributed by atoms with Crippen LogP contribution in [0.15, 0.2) is 53.6 Å². The second kappa shape index (κ2) is 8.60. The fraction of sp³-hybridized carbons (Fsp3) is 0.250. The zero-order valence-corrected chi connectivity index (χ0v) is 15.2. The number of nitrogens with zero attached hydrogens (tertiary/aromatic N) is 2. The maximum absolute atomic E-state index is 12.7. The van der Waals surface area contributed by atoms with Crippen molar-refractivity contribution in [2.45, 2.75) is 25.9 Å². The molecular formula is C20H19F2N3O3. The summed E-state index contributed by atoms with van der Waals surface area (Å²) >= 11 is 0. The molecule has 146 valence electrons. The van der Waals surface area contributed by atoms with Crippen molar-refractivity contribution in [2.75, 3.05) is 12.4 Å². The third-order valence-electron chi connectivity index (χ3n) is 4.24. The molecule has 0 saturated carbocycles. The number of hydrogen-bond acceptors (Lipinski definition) is 4. The number of hydrazone groups is 1. The Balaban J connectivity index is 1.81. The lowest BCUT2D eigenvalue weighted by molar-refractivity contribution is -0.130. The van der Waals surface area contributed by atoms with E-state index in [1.807, 2.05) is 30.3 Å². The number of benzene rings is 2. The summed E-state index contributed by atoms with van der Waals surface area (Å²) < 4.78 is 30.0. The van der Waals surface area contributed by atoms with Crippen molar-refractivity contribution in [3.05, 3.63) is 59.7 Å². The first kappa shape index (κ1) is 19.5. The summed E-state index contributed by atoms with van der Waals surface area (Å²) in [6.45, 7) is -2.94. The smallest absolute Gasteiger partial charge is 0.387 e. The standard InChI is InChI=1S/C20H19F2N3O3/c1-25-18(26)10-8-16(24-25)19(27)23-15-7-9-17(28-20(21)22)14(12-15)11-13-5-3-2-4-6-13/h2-7,9,12,20H,8,10-11H2,1H3,(H,23,27). The molecule has 0 aromatic heterocycles. The van der Waals surface area contributed by atoms with Crippen molar-refractivity contribution in [3.63, 3.8) is 0 Å². The Hall–Kier alpha value is -3.29. The van der Waals surface area contributed by atoms with Gasteiger partial charge >= 0.3 is 6.61 Å². The Labute approximate surface area is 160 Å². The van der Waals surface area contributed by atoms with E-state index >= 15 is 0 Å². The van der Waals surface area contributed by atoms with Crippen LogP contribution < -0.4 is 10.1 Å². The van der Waals surface area contributed by atoms with E-state index in [-0.39, 0.29) is 30.2 Å². The van der Waals surface area contributed by atoms with Gasteiger partial charge in [0.05, 0.1) is 0 Å². The molecule has 0 atom stereocenters. The van der Waals surface area contributed by atoms with E-state index in [2.05, 4.69) is 15.2 Å². The van der Waals surface area contributed by atoms with Crippen LogP contribution in [-0.2, 0) is 16.0 Å². The highest BCUT2D eigenvalue weighted by atomic mass is 19.3. The third-order valence-corrected chi connectivity index (χ3v) is 4.24. The van der Waals surface area contributed by atoms with Gasteiger partial charge in [-0.25, -0.2) is 5.01 Å². The molecule has 3 rings (SSSR count). The van der Waals surface area contributed by atoms with Crippen LogP contribution in [0.5, 0.6) is 5.75 Å². The summed E-state index contributed by atoms with van der Waals surface area (Å²) in [6, 6.07) is 13.8. The highest BCUT2D eigenvalue weighted by Gasteiger charge is 2.22. The lowest BCUT2D eigenvalue weighted by Crippen LogP contribution is -2.34. The SMILES string of the molecule is CN1N=C(C(=O)Nc2ccc(OC(F)F)c(Cc3ccccc3)c2)CCC1=O. The Morgan fingerprint density at radius 1 is 1.21 bits per heavy atom. The Morgan fingerprint density at radius 2 is 1.96 bits per heavy atom. The minimum atomic E-state index is -2.94. The molecule has 0 bridgehead atoms. The average molecular weight is 387 g/mol. The molecule has 1 N–H and O–H groups in total. The number of hydrogen-bond donors (Lipinski definition) is 1. The van der Waals surface area contributed by atoms with Crippen LogP contribution in [0.2, 0.25) is 0 Å². The van der Waals surface area contributed by atoms with Gasteiger partial charge in [0.25, 0.3) is 5.91 Å². The molecule has 0 unspecified atom stereocenters. The van der Waals surface area contributed by atoms with Crippen LogP contribution in [0, 0.1) is 0 Å². The van der Waals surface area contributed by atoms with E-state index < -0.39 is 12.5 Å². The summed E-state index contributed by atoms with van der Waals surface area (Å²) in [4.78, 5) is 23.9. The highest BCUT2D eigenvalue weighted by molar-refractivity contribution is 6.43. The number of alkyl halides is 2. The van der Waals surface area contributed by atoms with Gasteiger partial charge in [-0.05, 0) is 23.8 Å². The molecule has 1 aliphatic rings. The molecule has 8 heteroatoms. The number of nitrogens with one attached hydrogen (secondary N) is 1. The molecule has 2 amide bonds. The normalized spacial score (nSPS) is 14.1. The van der Waals surface area contributed by atoms with Crippen molar-refractivity contribution in [2.24, 2.45) is 5.10 Å². The lowest BCUT2D eigenvalue weighted by Gasteiger charge is -2.19. The monoisotopic (exact) mass is 387 g/mol. The molecule has 2 aromatic carbocycles. The van der Waals surface area contributed by atoms with Gasteiger partial charge in [-0.1, -0.05) is 30.3 Å². The van der Waals surface area contributed by atoms with Crippen LogP contribution in [0.25, 0.3) is 0 Å². The predicted octanol–water partition coefficient (Wildman–Crippen LogP) is 3.43. The molecule has 2 aromatic rings. The molecule has 0 aliphatic carbocycles. The maximum Gasteiger partial charge on any atom is 0.387 e. The summed E-state index contributed by atoms with van der Waals surface area (Å²) in [7, 11) is 1.49. The number of carbonyl (C=O) groups excluding carboxylic acids is 2. The fourth-order valence-corrected chi connectivity index (χ4v) is 2.86. The van der Waals surface area contributed by atoms with E-state index in [0.717, 1.165) is 10.6 Å². The van der Waals surface area contributed by atoms with Gasteiger partial charge in [-0.3, -0.25) is 9.59 Å². The predicted molar refractivity (Wildman–Crippen MR) is 100 cm³/mol. The van der Waals surface area contributed by atoms with Gasteiger partial charge in [0.1, 0.15) is 11.5 Å². The summed E-state index contributed by atoms with van der Waals surface area (Å²) in [5.74, 6) is -0.542. The highest BCUT2D eigenvalue weighted by Crippen LogP contribution is 2.27. The number of amides is 2. The van der Waals surface area contributed by atoms with Crippen LogP contribution in [0.4, 0.5) is 14.5 Å². The van der Waals surface area contributed by atoms with Crippen molar-refractivity contribution >= 4 is 23.2 Å².